The molecular weight excluding hydrogens is 248 g/mol. The first-order valence-corrected chi connectivity index (χ1v) is 6.65. The van der Waals surface area contributed by atoms with Crippen LogP contribution in [0.2, 0.25) is 0 Å². The number of ether oxygens (including phenoxy) is 1. The van der Waals surface area contributed by atoms with Crippen molar-refractivity contribution in [2.45, 2.75) is 45.8 Å². The van der Waals surface area contributed by atoms with E-state index in [0.29, 0.717) is 0 Å². The SMILES string of the molecule is CC(C)(C)C(NC(=O)COC1CCNCC1)C(=O)O. The van der Waals surface area contributed by atoms with E-state index in [2.05, 4.69) is 10.6 Å². The topological polar surface area (TPSA) is 87.7 Å². The summed E-state index contributed by atoms with van der Waals surface area (Å²) in [4.78, 5) is 22.9. The van der Waals surface area contributed by atoms with Crippen LogP contribution in [-0.2, 0) is 14.3 Å². The van der Waals surface area contributed by atoms with Gasteiger partial charge in [0.15, 0.2) is 0 Å². The van der Waals surface area contributed by atoms with Crippen LogP contribution in [0.1, 0.15) is 33.6 Å². The highest BCUT2D eigenvalue weighted by Crippen LogP contribution is 2.19. The molecule has 110 valence electrons. The van der Waals surface area contributed by atoms with Crippen molar-refractivity contribution in [1.29, 1.82) is 0 Å². The maximum absolute atomic E-state index is 11.7. The Morgan fingerprint density at radius 3 is 2.42 bits per heavy atom. The van der Waals surface area contributed by atoms with E-state index in [9.17, 15) is 9.59 Å². The van der Waals surface area contributed by atoms with Crippen LogP contribution < -0.4 is 10.6 Å². The third kappa shape index (κ3) is 5.57. The van der Waals surface area contributed by atoms with Gasteiger partial charge < -0.3 is 20.5 Å². The highest BCUT2D eigenvalue weighted by molar-refractivity contribution is 5.84. The maximum Gasteiger partial charge on any atom is 0.326 e. The quantitative estimate of drug-likeness (QED) is 0.673. The van der Waals surface area contributed by atoms with E-state index in [1.54, 1.807) is 20.8 Å². The lowest BCUT2D eigenvalue weighted by molar-refractivity contribution is -0.146. The van der Waals surface area contributed by atoms with Gasteiger partial charge >= 0.3 is 5.97 Å². The van der Waals surface area contributed by atoms with Crippen LogP contribution in [0.25, 0.3) is 0 Å². The van der Waals surface area contributed by atoms with E-state index < -0.39 is 17.4 Å². The van der Waals surface area contributed by atoms with Crippen LogP contribution in [0.3, 0.4) is 0 Å². The standard InChI is InChI=1S/C13H24N2O4/c1-13(2,3)11(12(17)18)15-10(16)8-19-9-4-6-14-7-5-9/h9,11,14H,4-8H2,1-3H3,(H,15,16)(H,17,18). The number of hydrogen-bond donors (Lipinski definition) is 3. The second-order valence-electron chi connectivity index (χ2n) is 5.97. The number of piperidine rings is 1. The lowest BCUT2D eigenvalue weighted by Gasteiger charge is -2.28. The smallest absolute Gasteiger partial charge is 0.326 e. The summed E-state index contributed by atoms with van der Waals surface area (Å²) in [5, 5.41) is 14.8. The summed E-state index contributed by atoms with van der Waals surface area (Å²) in [5.74, 6) is -1.40. The number of carboxylic acid groups (broad SMARTS) is 1. The first kappa shape index (κ1) is 15.9. The Morgan fingerprint density at radius 2 is 1.95 bits per heavy atom. The zero-order chi connectivity index (χ0) is 14.5. The molecule has 6 nitrogen and oxygen atoms in total. The van der Waals surface area contributed by atoms with Gasteiger partial charge in [-0.3, -0.25) is 4.79 Å². The minimum absolute atomic E-state index is 0.0788. The molecule has 1 aliphatic rings. The molecule has 6 heteroatoms. The molecule has 0 radical (unpaired) electrons. The number of amides is 1. The number of rotatable bonds is 5. The minimum Gasteiger partial charge on any atom is -0.480 e. The number of hydrogen-bond acceptors (Lipinski definition) is 4. The average Bonchev–Trinajstić information content (AvgIpc) is 2.33. The third-order valence-corrected chi connectivity index (χ3v) is 3.15. The first-order valence-electron chi connectivity index (χ1n) is 6.65. The molecule has 0 aliphatic carbocycles. The lowest BCUT2D eigenvalue weighted by atomic mass is 9.87. The fourth-order valence-electron chi connectivity index (χ4n) is 2.01. The van der Waals surface area contributed by atoms with E-state index in [1.807, 2.05) is 0 Å². The molecule has 1 saturated heterocycles. The summed E-state index contributed by atoms with van der Waals surface area (Å²) in [7, 11) is 0. The van der Waals surface area contributed by atoms with Crippen molar-refractivity contribution in [3.8, 4) is 0 Å². The number of aliphatic carboxylic acids is 1. The Morgan fingerprint density at radius 1 is 1.37 bits per heavy atom. The van der Waals surface area contributed by atoms with E-state index in [1.165, 1.54) is 0 Å². The molecule has 1 rings (SSSR count). The van der Waals surface area contributed by atoms with Gasteiger partial charge in [-0.05, 0) is 31.3 Å². The van der Waals surface area contributed by atoms with Crippen LogP contribution in [-0.4, -0.2) is 48.8 Å². The maximum atomic E-state index is 11.7. The van der Waals surface area contributed by atoms with Gasteiger partial charge in [0.05, 0.1) is 6.10 Å². The Balaban J connectivity index is 2.38. The Bertz CT molecular complexity index is 319. The summed E-state index contributed by atoms with van der Waals surface area (Å²) in [6, 6.07) is -0.906. The van der Waals surface area contributed by atoms with Gasteiger partial charge in [-0.2, -0.15) is 0 Å². The summed E-state index contributed by atoms with van der Waals surface area (Å²) >= 11 is 0. The first-order chi connectivity index (χ1) is 8.80. The number of carbonyl (C=O) groups excluding carboxylic acids is 1. The number of carbonyl (C=O) groups is 2. The van der Waals surface area contributed by atoms with E-state index >= 15 is 0 Å². The minimum atomic E-state index is -1.03. The van der Waals surface area contributed by atoms with Crippen LogP contribution in [0.4, 0.5) is 0 Å². The van der Waals surface area contributed by atoms with Gasteiger partial charge in [0.1, 0.15) is 12.6 Å². The monoisotopic (exact) mass is 272 g/mol. The molecule has 1 unspecified atom stereocenters. The Labute approximate surface area is 113 Å². The van der Waals surface area contributed by atoms with Crippen LogP contribution in [0.5, 0.6) is 0 Å². The molecule has 0 aromatic carbocycles. The van der Waals surface area contributed by atoms with Crippen LogP contribution >= 0.6 is 0 Å². The molecule has 1 amide bonds. The molecule has 0 aromatic heterocycles. The summed E-state index contributed by atoms with van der Waals surface area (Å²) in [6.45, 7) is 7.04. The van der Waals surface area contributed by atoms with Gasteiger partial charge in [0, 0.05) is 0 Å². The normalized spacial score (nSPS) is 18.9. The zero-order valence-electron chi connectivity index (χ0n) is 11.9. The van der Waals surface area contributed by atoms with Crippen molar-refractivity contribution in [3.63, 3.8) is 0 Å². The molecule has 1 aliphatic heterocycles. The predicted molar refractivity (Wildman–Crippen MR) is 70.9 cm³/mol. The van der Waals surface area contributed by atoms with Crippen molar-refractivity contribution in [2.75, 3.05) is 19.7 Å². The summed E-state index contributed by atoms with van der Waals surface area (Å²) in [6.07, 6.45) is 1.86. The molecule has 1 heterocycles. The van der Waals surface area contributed by atoms with Crippen molar-refractivity contribution in [2.24, 2.45) is 5.41 Å². The zero-order valence-corrected chi connectivity index (χ0v) is 11.9. The van der Waals surface area contributed by atoms with Crippen molar-refractivity contribution in [1.82, 2.24) is 10.6 Å². The van der Waals surface area contributed by atoms with E-state index in [-0.39, 0.29) is 18.6 Å². The van der Waals surface area contributed by atoms with Crippen molar-refractivity contribution >= 4 is 11.9 Å². The van der Waals surface area contributed by atoms with Crippen molar-refractivity contribution in [3.05, 3.63) is 0 Å². The molecule has 19 heavy (non-hydrogen) atoms. The molecule has 0 saturated carbocycles. The molecule has 0 spiro atoms. The third-order valence-electron chi connectivity index (χ3n) is 3.15. The Hall–Kier alpha value is -1.14. The molecule has 0 bridgehead atoms. The molecule has 1 atom stereocenters. The summed E-state index contributed by atoms with van der Waals surface area (Å²) < 4.78 is 5.49. The van der Waals surface area contributed by atoms with E-state index in [0.717, 1.165) is 25.9 Å². The Kier molecular flexibility index (Phi) is 5.75. The van der Waals surface area contributed by atoms with Crippen molar-refractivity contribution < 1.29 is 19.4 Å². The largest absolute Gasteiger partial charge is 0.480 e. The van der Waals surface area contributed by atoms with Gasteiger partial charge in [-0.25, -0.2) is 4.79 Å². The van der Waals surface area contributed by atoms with Crippen LogP contribution in [0.15, 0.2) is 0 Å². The van der Waals surface area contributed by atoms with Gasteiger partial charge in [0.25, 0.3) is 0 Å². The fraction of sp³-hybridized carbons (Fsp3) is 0.846. The van der Waals surface area contributed by atoms with Gasteiger partial charge in [-0.1, -0.05) is 20.8 Å². The molecular formula is C13H24N2O4. The molecule has 3 N–H and O–H groups in total. The molecule has 1 fully saturated rings. The van der Waals surface area contributed by atoms with Crippen LogP contribution in [0, 0.1) is 5.41 Å². The number of nitrogens with one attached hydrogen (secondary N) is 2. The van der Waals surface area contributed by atoms with Gasteiger partial charge in [-0.15, -0.1) is 0 Å². The summed E-state index contributed by atoms with van der Waals surface area (Å²) in [5.41, 5.74) is -0.531. The average molecular weight is 272 g/mol. The predicted octanol–water partition coefficient (Wildman–Crippen LogP) is 0.371. The van der Waals surface area contributed by atoms with Gasteiger partial charge in [0.2, 0.25) is 5.91 Å². The highest BCUT2D eigenvalue weighted by Gasteiger charge is 2.32. The lowest BCUT2D eigenvalue weighted by Crippen LogP contribution is -2.50. The second kappa shape index (κ2) is 6.86. The molecule has 0 aromatic rings. The second-order valence-corrected chi connectivity index (χ2v) is 5.97. The number of carboxylic acids is 1. The fourth-order valence-corrected chi connectivity index (χ4v) is 2.01. The van der Waals surface area contributed by atoms with E-state index in [4.69, 9.17) is 9.84 Å². The highest BCUT2D eigenvalue weighted by atomic mass is 16.5.